The van der Waals surface area contributed by atoms with E-state index in [9.17, 15) is 14.4 Å². The van der Waals surface area contributed by atoms with E-state index >= 15 is 0 Å². The van der Waals surface area contributed by atoms with E-state index < -0.39 is 0 Å². The smallest absolute Gasteiger partial charge is 0.267 e. The molecule has 0 atom stereocenters. The van der Waals surface area contributed by atoms with Gasteiger partial charge in [-0.1, -0.05) is 30.0 Å². The lowest BCUT2D eigenvalue weighted by molar-refractivity contribution is -0.130. The fourth-order valence-electron chi connectivity index (χ4n) is 3.06. The summed E-state index contributed by atoms with van der Waals surface area (Å²) >= 11 is 6.54. The molecule has 0 bridgehead atoms. The lowest BCUT2D eigenvalue weighted by Gasteiger charge is -2.19. The van der Waals surface area contributed by atoms with E-state index in [0.29, 0.717) is 32.9 Å². The molecule has 1 aromatic carbocycles. The maximum absolute atomic E-state index is 12.7. The van der Waals surface area contributed by atoms with Gasteiger partial charge in [0.25, 0.3) is 11.8 Å². The molecule has 3 aliphatic rings. The summed E-state index contributed by atoms with van der Waals surface area (Å²) in [6.07, 6.45) is 2.31. The Bertz CT molecular complexity index is 1010. The molecule has 1 saturated heterocycles. The minimum atomic E-state index is -0.351. The number of thioether (sulfide) groups is 1. The van der Waals surface area contributed by atoms with Crippen LogP contribution in [-0.2, 0) is 14.4 Å². The van der Waals surface area contributed by atoms with Gasteiger partial charge in [0.05, 0.1) is 4.91 Å². The molecule has 4 rings (SSSR count). The average Bonchev–Trinajstić information content (AvgIpc) is 3.29. The fourth-order valence-corrected chi connectivity index (χ4v) is 4.37. The standard InChI is InChI=1S/C19H18N4O5S2/c1-22-16(24)5-3-12(21-22)17(25)20-6-7-23-18(26)15(30-19(23)29)9-11-2-4-13-14(8-11)28-10-27-13/h2,4,8-9H,3,5-7,10H2,1H3,(H,20,25)/b15-9+. The number of fused-ring (bicyclic) bond motifs is 1. The molecule has 30 heavy (non-hydrogen) atoms. The van der Waals surface area contributed by atoms with E-state index in [1.54, 1.807) is 12.1 Å². The third-order valence-corrected chi connectivity index (χ3v) is 6.04. The number of rotatable bonds is 5. The van der Waals surface area contributed by atoms with E-state index in [-0.39, 0.29) is 44.0 Å². The van der Waals surface area contributed by atoms with E-state index in [1.165, 1.54) is 28.7 Å². The highest BCUT2D eigenvalue weighted by Gasteiger charge is 2.32. The van der Waals surface area contributed by atoms with Crippen LogP contribution >= 0.6 is 24.0 Å². The Morgan fingerprint density at radius 2 is 2.10 bits per heavy atom. The third kappa shape index (κ3) is 4.17. The van der Waals surface area contributed by atoms with Crippen LogP contribution in [0.2, 0.25) is 0 Å². The highest BCUT2D eigenvalue weighted by molar-refractivity contribution is 8.26. The fraction of sp³-hybridized carbons (Fsp3) is 0.316. The van der Waals surface area contributed by atoms with Gasteiger partial charge in [-0.05, 0) is 23.8 Å². The lowest BCUT2D eigenvalue weighted by atomic mass is 10.1. The van der Waals surface area contributed by atoms with Crippen LogP contribution < -0.4 is 14.8 Å². The number of nitrogens with one attached hydrogen (secondary N) is 1. The van der Waals surface area contributed by atoms with Gasteiger partial charge in [0.2, 0.25) is 12.7 Å². The predicted molar refractivity (Wildman–Crippen MR) is 115 cm³/mol. The molecule has 3 aliphatic heterocycles. The van der Waals surface area contributed by atoms with Gasteiger partial charge in [-0.3, -0.25) is 19.3 Å². The molecule has 0 radical (unpaired) electrons. The molecule has 3 heterocycles. The number of amides is 3. The molecule has 11 heteroatoms. The first-order valence-corrected chi connectivity index (χ1v) is 10.4. The second-order valence-corrected chi connectivity index (χ2v) is 8.34. The number of hydrogen-bond donors (Lipinski definition) is 1. The van der Waals surface area contributed by atoms with Crippen LogP contribution in [0.15, 0.2) is 28.2 Å². The number of benzene rings is 1. The van der Waals surface area contributed by atoms with Crippen LogP contribution in [0.25, 0.3) is 6.08 Å². The minimum absolute atomic E-state index is 0.127. The summed E-state index contributed by atoms with van der Waals surface area (Å²) in [4.78, 5) is 38.4. The first-order valence-electron chi connectivity index (χ1n) is 9.19. The van der Waals surface area contributed by atoms with Gasteiger partial charge < -0.3 is 14.8 Å². The second kappa shape index (κ2) is 8.44. The largest absolute Gasteiger partial charge is 0.454 e. The molecule has 0 spiro atoms. The first kappa shape index (κ1) is 20.4. The highest BCUT2D eigenvalue weighted by Crippen LogP contribution is 2.36. The summed E-state index contributed by atoms with van der Waals surface area (Å²) in [7, 11) is 1.52. The van der Waals surface area contributed by atoms with Crippen molar-refractivity contribution in [3.05, 3.63) is 28.7 Å². The molecule has 156 valence electrons. The summed E-state index contributed by atoms with van der Waals surface area (Å²) in [5.74, 6) is 0.625. The monoisotopic (exact) mass is 446 g/mol. The van der Waals surface area contributed by atoms with Gasteiger partial charge in [-0.25, -0.2) is 5.01 Å². The van der Waals surface area contributed by atoms with E-state index in [1.807, 2.05) is 12.1 Å². The summed E-state index contributed by atoms with van der Waals surface area (Å²) in [5.41, 5.74) is 1.10. The molecule has 0 saturated carbocycles. The number of ether oxygens (including phenoxy) is 2. The van der Waals surface area contributed by atoms with E-state index in [2.05, 4.69) is 10.4 Å². The number of carbonyl (C=O) groups is 3. The van der Waals surface area contributed by atoms with Crippen LogP contribution in [0.5, 0.6) is 11.5 Å². The molecule has 1 aromatic rings. The first-order chi connectivity index (χ1) is 14.4. The van der Waals surface area contributed by atoms with Crippen molar-refractivity contribution in [2.24, 2.45) is 5.10 Å². The zero-order chi connectivity index (χ0) is 21.3. The number of hydrazone groups is 1. The maximum atomic E-state index is 12.7. The Morgan fingerprint density at radius 3 is 2.90 bits per heavy atom. The van der Waals surface area contributed by atoms with Crippen molar-refractivity contribution in [1.29, 1.82) is 0 Å². The molecular formula is C19H18N4O5S2. The van der Waals surface area contributed by atoms with Crippen molar-refractivity contribution >= 4 is 57.8 Å². The molecule has 9 nitrogen and oxygen atoms in total. The quantitative estimate of drug-likeness (QED) is 0.538. The number of carbonyl (C=O) groups excluding carboxylic acids is 3. The van der Waals surface area contributed by atoms with Gasteiger partial charge in [-0.15, -0.1) is 0 Å². The normalized spacial score (nSPS) is 19.6. The van der Waals surface area contributed by atoms with Gasteiger partial charge in [-0.2, -0.15) is 5.10 Å². The molecule has 1 fully saturated rings. The Kier molecular flexibility index (Phi) is 5.73. The van der Waals surface area contributed by atoms with Crippen molar-refractivity contribution < 1.29 is 23.9 Å². The Labute approximate surface area is 182 Å². The van der Waals surface area contributed by atoms with Gasteiger partial charge in [0, 0.05) is 33.0 Å². The van der Waals surface area contributed by atoms with E-state index in [4.69, 9.17) is 21.7 Å². The van der Waals surface area contributed by atoms with Crippen molar-refractivity contribution in [1.82, 2.24) is 15.2 Å². The molecule has 0 aromatic heterocycles. The van der Waals surface area contributed by atoms with Crippen LogP contribution in [0.1, 0.15) is 18.4 Å². The minimum Gasteiger partial charge on any atom is -0.454 e. The zero-order valence-electron chi connectivity index (χ0n) is 16.0. The predicted octanol–water partition coefficient (Wildman–Crippen LogP) is 1.34. The number of hydrogen-bond acceptors (Lipinski definition) is 8. The van der Waals surface area contributed by atoms with Crippen LogP contribution in [0.4, 0.5) is 0 Å². The Morgan fingerprint density at radius 1 is 1.30 bits per heavy atom. The van der Waals surface area contributed by atoms with Gasteiger partial charge >= 0.3 is 0 Å². The lowest BCUT2D eigenvalue weighted by Crippen LogP contribution is -2.41. The Balaban J connectivity index is 1.35. The van der Waals surface area contributed by atoms with Crippen molar-refractivity contribution in [3.63, 3.8) is 0 Å². The zero-order valence-corrected chi connectivity index (χ0v) is 17.7. The molecule has 1 N–H and O–H groups in total. The van der Waals surface area contributed by atoms with Crippen molar-refractivity contribution in [2.45, 2.75) is 12.8 Å². The molecule has 3 amide bonds. The van der Waals surface area contributed by atoms with E-state index in [0.717, 1.165) is 5.56 Å². The number of nitrogens with zero attached hydrogens (tertiary/aromatic N) is 3. The second-order valence-electron chi connectivity index (χ2n) is 6.67. The topological polar surface area (TPSA) is 101 Å². The molecular weight excluding hydrogens is 428 g/mol. The summed E-state index contributed by atoms with van der Waals surface area (Å²) in [6.45, 7) is 0.655. The van der Waals surface area contributed by atoms with Gasteiger partial charge in [0.1, 0.15) is 10.0 Å². The number of thiocarbonyl (C=S) groups is 1. The SMILES string of the molecule is CN1N=C(C(=O)NCCN2C(=O)/C(=C\c3ccc4c(c3)OCO4)SC2=S)CCC1=O. The Hall–Kier alpha value is -2.92. The van der Waals surface area contributed by atoms with Crippen LogP contribution in [0.3, 0.4) is 0 Å². The average molecular weight is 447 g/mol. The van der Waals surface area contributed by atoms with Crippen LogP contribution in [0, 0.1) is 0 Å². The molecule has 0 aliphatic carbocycles. The highest BCUT2D eigenvalue weighted by atomic mass is 32.2. The summed E-state index contributed by atoms with van der Waals surface area (Å²) in [6, 6.07) is 5.44. The third-order valence-electron chi connectivity index (χ3n) is 4.66. The maximum Gasteiger partial charge on any atom is 0.267 e. The van der Waals surface area contributed by atoms with Crippen LogP contribution in [-0.4, -0.2) is 64.6 Å². The summed E-state index contributed by atoms with van der Waals surface area (Å²) < 4.78 is 11.1. The van der Waals surface area contributed by atoms with Crippen molar-refractivity contribution in [2.75, 3.05) is 26.9 Å². The summed E-state index contributed by atoms with van der Waals surface area (Å²) in [5, 5.41) is 7.87. The van der Waals surface area contributed by atoms with Crippen molar-refractivity contribution in [3.8, 4) is 11.5 Å². The van der Waals surface area contributed by atoms with Gasteiger partial charge in [0.15, 0.2) is 11.5 Å². The molecule has 0 unspecified atom stereocenters.